The lowest BCUT2D eigenvalue weighted by atomic mass is 10.0. The van der Waals surface area contributed by atoms with Crippen molar-refractivity contribution in [3.8, 4) is 0 Å². The zero-order chi connectivity index (χ0) is 12.7. The summed E-state index contributed by atoms with van der Waals surface area (Å²) in [7, 11) is 1.95. The first-order chi connectivity index (χ1) is 8.63. The summed E-state index contributed by atoms with van der Waals surface area (Å²) in [4.78, 5) is 2.48. The van der Waals surface area contributed by atoms with Gasteiger partial charge in [-0.25, -0.2) is 0 Å². The molecular formula is C13H22N4O. The molecule has 4 unspecified atom stereocenters. The van der Waals surface area contributed by atoms with Crippen molar-refractivity contribution in [2.75, 3.05) is 13.1 Å². The lowest BCUT2D eigenvalue weighted by molar-refractivity contribution is -0.0559. The largest absolute Gasteiger partial charge is 0.372 e. The third kappa shape index (κ3) is 2.18. The molecule has 0 saturated carbocycles. The van der Waals surface area contributed by atoms with E-state index in [1.807, 2.05) is 17.9 Å². The Balaban J connectivity index is 1.82. The Morgan fingerprint density at radius 3 is 2.56 bits per heavy atom. The van der Waals surface area contributed by atoms with Gasteiger partial charge in [-0.05, 0) is 19.8 Å². The highest BCUT2D eigenvalue weighted by atomic mass is 16.5. The van der Waals surface area contributed by atoms with Gasteiger partial charge in [0.15, 0.2) is 0 Å². The molecule has 2 aliphatic rings. The molecular weight excluding hydrogens is 228 g/mol. The average Bonchev–Trinajstić information content (AvgIpc) is 2.86. The van der Waals surface area contributed by atoms with Crippen LogP contribution in [0.25, 0.3) is 0 Å². The summed E-state index contributed by atoms with van der Waals surface area (Å²) in [6.45, 7) is 4.07. The van der Waals surface area contributed by atoms with Crippen molar-refractivity contribution in [3.63, 3.8) is 0 Å². The maximum absolute atomic E-state index is 6.20. The molecule has 1 aromatic heterocycles. The lowest BCUT2D eigenvalue weighted by Gasteiger charge is -2.39. The number of morpholine rings is 1. The number of aryl methyl sites for hydroxylation is 1. The summed E-state index contributed by atoms with van der Waals surface area (Å²) >= 11 is 0. The Labute approximate surface area is 108 Å². The average molecular weight is 250 g/mol. The molecule has 2 N–H and O–H groups in total. The molecule has 3 rings (SSSR count). The summed E-state index contributed by atoms with van der Waals surface area (Å²) in [5, 5.41) is 4.27. The molecule has 100 valence electrons. The maximum Gasteiger partial charge on any atom is 0.0707 e. The number of rotatable bonds is 3. The number of aromatic nitrogens is 2. The minimum absolute atomic E-state index is 0.103. The smallest absolute Gasteiger partial charge is 0.0707 e. The molecule has 5 nitrogen and oxygen atoms in total. The zero-order valence-corrected chi connectivity index (χ0v) is 11.1. The number of nitrogens with zero attached hydrogens (tertiary/aromatic N) is 3. The fraction of sp³-hybridized carbons (Fsp3) is 0.769. The molecule has 18 heavy (non-hydrogen) atoms. The van der Waals surface area contributed by atoms with Crippen molar-refractivity contribution in [1.82, 2.24) is 14.7 Å². The fourth-order valence-corrected chi connectivity index (χ4v) is 3.31. The SMILES string of the molecule is CC(N)C(c1cnn(C)c1)N1CC2CCC(C1)O2. The van der Waals surface area contributed by atoms with E-state index in [9.17, 15) is 0 Å². The Bertz CT molecular complexity index is 405. The third-order valence-corrected chi connectivity index (χ3v) is 4.03. The fourth-order valence-electron chi connectivity index (χ4n) is 3.31. The highest BCUT2D eigenvalue weighted by molar-refractivity contribution is 5.14. The molecule has 4 atom stereocenters. The maximum atomic E-state index is 6.20. The second-order valence-corrected chi connectivity index (χ2v) is 5.66. The predicted octanol–water partition coefficient (Wildman–Crippen LogP) is 0.672. The Hall–Kier alpha value is -0.910. The van der Waals surface area contributed by atoms with Crippen LogP contribution in [0.5, 0.6) is 0 Å². The van der Waals surface area contributed by atoms with Crippen LogP contribution in [0.4, 0.5) is 0 Å². The summed E-state index contributed by atoms with van der Waals surface area (Å²) in [5.74, 6) is 0. The number of nitrogens with two attached hydrogens (primary N) is 1. The first kappa shape index (κ1) is 12.1. The van der Waals surface area contributed by atoms with Gasteiger partial charge in [-0.1, -0.05) is 0 Å². The molecule has 3 heterocycles. The van der Waals surface area contributed by atoms with E-state index in [4.69, 9.17) is 10.5 Å². The van der Waals surface area contributed by atoms with Gasteiger partial charge in [-0.15, -0.1) is 0 Å². The highest BCUT2D eigenvalue weighted by Gasteiger charge is 2.38. The predicted molar refractivity (Wildman–Crippen MR) is 69.1 cm³/mol. The summed E-state index contributed by atoms with van der Waals surface area (Å²) in [6, 6.07) is 0.359. The minimum atomic E-state index is 0.103. The molecule has 1 aromatic rings. The van der Waals surface area contributed by atoms with Gasteiger partial charge >= 0.3 is 0 Å². The van der Waals surface area contributed by atoms with Crippen molar-refractivity contribution in [2.24, 2.45) is 12.8 Å². The van der Waals surface area contributed by atoms with Gasteiger partial charge < -0.3 is 10.5 Å². The molecule has 0 amide bonds. The second kappa shape index (κ2) is 4.64. The van der Waals surface area contributed by atoms with Gasteiger partial charge in [0.05, 0.1) is 24.4 Å². The quantitative estimate of drug-likeness (QED) is 0.857. The lowest BCUT2D eigenvalue weighted by Crippen LogP contribution is -2.48. The molecule has 5 heteroatoms. The van der Waals surface area contributed by atoms with Crippen LogP contribution in [0, 0.1) is 0 Å². The Kier molecular flexibility index (Phi) is 3.13. The van der Waals surface area contributed by atoms with Crippen LogP contribution in [-0.4, -0.2) is 46.0 Å². The topological polar surface area (TPSA) is 56.3 Å². The first-order valence-electron chi connectivity index (χ1n) is 6.77. The molecule has 2 fully saturated rings. The number of hydrogen-bond acceptors (Lipinski definition) is 4. The molecule has 0 aliphatic carbocycles. The number of likely N-dealkylation sites (tertiary alicyclic amines) is 1. The number of hydrogen-bond donors (Lipinski definition) is 1. The van der Waals surface area contributed by atoms with E-state index in [0.29, 0.717) is 12.2 Å². The van der Waals surface area contributed by atoms with Gasteiger partial charge in [-0.3, -0.25) is 9.58 Å². The van der Waals surface area contributed by atoms with Gasteiger partial charge in [0, 0.05) is 37.9 Å². The molecule has 2 bridgehead atoms. The van der Waals surface area contributed by atoms with E-state index in [1.165, 1.54) is 18.4 Å². The van der Waals surface area contributed by atoms with E-state index in [1.54, 1.807) is 0 Å². The van der Waals surface area contributed by atoms with Crippen LogP contribution in [0.2, 0.25) is 0 Å². The Morgan fingerprint density at radius 1 is 1.39 bits per heavy atom. The van der Waals surface area contributed by atoms with E-state index >= 15 is 0 Å². The van der Waals surface area contributed by atoms with Gasteiger partial charge in [-0.2, -0.15) is 5.10 Å². The molecule has 2 aliphatic heterocycles. The van der Waals surface area contributed by atoms with E-state index < -0.39 is 0 Å². The monoisotopic (exact) mass is 250 g/mol. The van der Waals surface area contributed by atoms with Crippen molar-refractivity contribution >= 4 is 0 Å². The minimum Gasteiger partial charge on any atom is -0.372 e. The van der Waals surface area contributed by atoms with E-state index in [2.05, 4.69) is 23.1 Å². The Morgan fingerprint density at radius 2 is 2.06 bits per heavy atom. The summed E-state index contributed by atoms with van der Waals surface area (Å²) in [5.41, 5.74) is 7.42. The normalized spacial score (nSPS) is 31.5. The van der Waals surface area contributed by atoms with E-state index in [-0.39, 0.29) is 12.1 Å². The first-order valence-corrected chi connectivity index (χ1v) is 6.77. The molecule has 2 saturated heterocycles. The van der Waals surface area contributed by atoms with E-state index in [0.717, 1.165) is 13.1 Å². The molecule has 0 spiro atoms. The summed E-state index contributed by atoms with van der Waals surface area (Å²) in [6.07, 6.45) is 7.21. The highest BCUT2D eigenvalue weighted by Crippen LogP contribution is 2.32. The van der Waals surface area contributed by atoms with Crippen LogP contribution < -0.4 is 5.73 Å². The second-order valence-electron chi connectivity index (χ2n) is 5.66. The molecule has 0 aromatic carbocycles. The van der Waals surface area contributed by atoms with Gasteiger partial charge in [0.2, 0.25) is 0 Å². The van der Waals surface area contributed by atoms with Crippen LogP contribution in [-0.2, 0) is 11.8 Å². The van der Waals surface area contributed by atoms with Gasteiger partial charge in [0.1, 0.15) is 0 Å². The van der Waals surface area contributed by atoms with Crippen LogP contribution in [0.3, 0.4) is 0 Å². The van der Waals surface area contributed by atoms with Crippen molar-refractivity contribution in [3.05, 3.63) is 18.0 Å². The van der Waals surface area contributed by atoms with Crippen LogP contribution in [0.15, 0.2) is 12.4 Å². The molecule has 0 radical (unpaired) electrons. The number of ether oxygens (including phenoxy) is 1. The van der Waals surface area contributed by atoms with Gasteiger partial charge in [0.25, 0.3) is 0 Å². The van der Waals surface area contributed by atoms with Crippen molar-refractivity contribution in [2.45, 2.75) is 44.1 Å². The standard InChI is InChI=1S/C13H22N4O/c1-9(14)13(10-5-15-16(2)6-10)17-7-11-3-4-12(8-17)18-11/h5-6,9,11-13H,3-4,7-8,14H2,1-2H3. The third-order valence-electron chi connectivity index (χ3n) is 4.03. The van der Waals surface area contributed by atoms with Crippen LogP contribution in [0.1, 0.15) is 31.4 Å². The zero-order valence-electron chi connectivity index (χ0n) is 11.1. The van der Waals surface area contributed by atoms with Crippen molar-refractivity contribution in [1.29, 1.82) is 0 Å². The number of fused-ring (bicyclic) bond motifs is 2. The van der Waals surface area contributed by atoms with Crippen molar-refractivity contribution < 1.29 is 4.74 Å². The summed E-state index contributed by atoms with van der Waals surface area (Å²) < 4.78 is 7.74. The van der Waals surface area contributed by atoms with Crippen LogP contribution >= 0.6 is 0 Å².